The van der Waals surface area contributed by atoms with Crippen molar-refractivity contribution < 1.29 is 4.74 Å². The molecule has 0 aliphatic heterocycles. The topological polar surface area (TPSA) is 45.7 Å². The van der Waals surface area contributed by atoms with Crippen molar-refractivity contribution in [1.29, 1.82) is 0 Å². The Balaban J connectivity index is 0.00000288. The Labute approximate surface area is 163 Å². The number of nitrogens with zero attached hydrogens (tertiary/aromatic N) is 1. The number of guanidine groups is 1. The summed E-state index contributed by atoms with van der Waals surface area (Å²) < 4.78 is 5.64. The van der Waals surface area contributed by atoms with Crippen LogP contribution in [-0.4, -0.2) is 38.8 Å². The van der Waals surface area contributed by atoms with Gasteiger partial charge in [-0.15, -0.1) is 24.0 Å². The number of rotatable bonds is 10. The van der Waals surface area contributed by atoms with Crippen LogP contribution in [0.3, 0.4) is 0 Å². The molecule has 24 heavy (non-hydrogen) atoms. The van der Waals surface area contributed by atoms with Crippen molar-refractivity contribution in [2.45, 2.75) is 39.5 Å². The van der Waals surface area contributed by atoms with Gasteiger partial charge in [0, 0.05) is 32.8 Å². The molecular weight excluding hydrogens is 413 g/mol. The molecule has 0 bridgehead atoms. The zero-order valence-electron chi connectivity index (χ0n) is 15.0. The van der Waals surface area contributed by atoms with E-state index in [2.05, 4.69) is 53.7 Å². The van der Waals surface area contributed by atoms with E-state index in [4.69, 9.17) is 4.74 Å². The van der Waals surface area contributed by atoms with Crippen molar-refractivity contribution in [2.75, 3.05) is 32.8 Å². The van der Waals surface area contributed by atoms with E-state index in [1.807, 2.05) is 0 Å². The third-order valence-electron chi connectivity index (χ3n) is 3.94. The van der Waals surface area contributed by atoms with Crippen molar-refractivity contribution in [1.82, 2.24) is 10.6 Å². The maximum Gasteiger partial charge on any atom is 0.191 e. The second-order valence-electron chi connectivity index (χ2n) is 6.29. The molecule has 2 rings (SSSR count). The van der Waals surface area contributed by atoms with Gasteiger partial charge >= 0.3 is 0 Å². The third kappa shape index (κ3) is 9.47. The minimum absolute atomic E-state index is 0. The van der Waals surface area contributed by atoms with Crippen LogP contribution in [0.2, 0.25) is 0 Å². The molecule has 0 radical (unpaired) electrons. The van der Waals surface area contributed by atoms with Gasteiger partial charge in [0.1, 0.15) is 0 Å². The fourth-order valence-electron chi connectivity index (χ4n) is 2.31. The Morgan fingerprint density at radius 2 is 1.96 bits per heavy atom. The summed E-state index contributed by atoms with van der Waals surface area (Å²) in [6.07, 6.45) is 4.71. The van der Waals surface area contributed by atoms with Crippen LogP contribution in [0, 0.1) is 12.8 Å². The normalized spacial score (nSPS) is 14.2. The van der Waals surface area contributed by atoms with E-state index < -0.39 is 0 Å². The van der Waals surface area contributed by atoms with Crippen molar-refractivity contribution in [3.8, 4) is 0 Å². The van der Waals surface area contributed by atoms with E-state index in [0.29, 0.717) is 0 Å². The van der Waals surface area contributed by atoms with Crippen LogP contribution >= 0.6 is 24.0 Å². The molecule has 136 valence electrons. The lowest BCUT2D eigenvalue weighted by atomic mass is 10.1. The maximum absolute atomic E-state index is 5.64. The lowest BCUT2D eigenvalue weighted by Crippen LogP contribution is -2.38. The average Bonchev–Trinajstić information content (AvgIpc) is 3.37. The second-order valence-corrected chi connectivity index (χ2v) is 6.29. The number of hydrogen-bond acceptors (Lipinski definition) is 2. The minimum atomic E-state index is 0. The van der Waals surface area contributed by atoms with Gasteiger partial charge in [-0.1, -0.05) is 29.8 Å². The Hall–Kier alpha value is -0.820. The summed E-state index contributed by atoms with van der Waals surface area (Å²) in [6, 6.07) is 8.71. The van der Waals surface area contributed by atoms with Gasteiger partial charge in [-0.2, -0.15) is 0 Å². The molecule has 1 saturated carbocycles. The highest BCUT2D eigenvalue weighted by molar-refractivity contribution is 14.0. The van der Waals surface area contributed by atoms with E-state index in [-0.39, 0.29) is 24.0 Å². The first kappa shape index (κ1) is 21.2. The van der Waals surface area contributed by atoms with E-state index in [1.165, 1.54) is 24.0 Å². The summed E-state index contributed by atoms with van der Waals surface area (Å²) in [7, 11) is 0. The van der Waals surface area contributed by atoms with Crippen molar-refractivity contribution in [3.05, 3.63) is 35.4 Å². The summed E-state index contributed by atoms with van der Waals surface area (Å²) in [5.74, 6) is 1.75. The molecule has 0 heterocycles. The summed E-state index contributed by atoms with van der Waals surface area (Å²) >= 11 is 0. The fraction of sp³-hybridized carbons (Fsp3) is 0.632. The van der Waals surface area contributed by atoms with Crippen LogP contribution in [0.15, 0.2) is 29.3 Å². The standard InChI is InChI=1S/C19H31N3O.HI/c1-3-20-19(21-12-4-14-23-15-18-9-10-18)22-13-11-17-7-5-16(2)6-8-17;/h5-8,18H,3-4,9-15H2,1-2H3,(H2,20,21,22);1H. The quantitative estimate of drug-likeness (QED) is 0.251. The van der Waals surface area contributed by atoms with Gasteiger partial charge in [-0.25, -0.2) is 0 Å². The summed E-state index contributed by atoms with van der Waals surface area (Å²) in [5, 5.41) is 6.70. The molecule has 1 aliphatic carbocycles. The van der Waals surface area contributed by atoms with Gasteiger partial charge in [0.2, 0.25) is 0 Å². The molecule has 0 aromatic heterocycles. The van der Waals surface area contributed by atoms with Crippen molar-refractivity contribution in [3.63, 3.8) is 0 Å². The SMILES string of the molecule is CCNC(=NCCCOCC1CC1)NCCc1ccc(C)cc1.I. The number of ether oxygens (including phenoxy) is 1. The van der Waals surface area contributed by atoms with E-state index in [0.717, 1.165) is 57.6 Å². The first-order valence-electron chi connectivity index (χ1n) is 8.93. The Bertz CT molecular complexity index is 472. The lowest BCUT2D eigenvalue weighted by Gasteiger charge is -2.11. The number of aryl methyl sites for hydroxylation is 1. The number of nitrogens with one attached hydrogen (secondary N) is 2. The van der Waals surface area contributed by atoms with E-state index in [9.17, 15) is 0 Å². The molecule has 0 saturated heterocycles. The summed E-state index contributed by atoms with van der Waals surface area (Å²) in [5.41, 5.74) is 2.66. The Kier molecular flexibility index (Phi) is 11.1. The maximum atomic E-state index is 5.64. The van der Waals surface area contributed by atoms with Gasteiger partial charge in [0.25, 0.3) is 0 Å². The molecule has 4 nitrogen and oxygen atoms in total. The smallest absolute Gasteiger partial charge is 0.191 e. The molecule has 0 amide bonds. The summed E-state index contributed by atoms with van der Waals surface area (Å²) in [6.45, 7) is 8.57. The number of hydrogen-bond donors (Lipinski definition) is 2. The van der Waals surface area contributed by atoms with Crippen LogP contribution in [0.4, 0.5) is 0 Å². The average molecular weight is 445 g/mol. The molecule has 1 fully saturated rings. The largest absolute Gasteiger partial charge is 0.381 e. The van der Waals surface area contributed by atoms with E-state index in [1.54, 1.807) is 0 Å². The highest BCUT2D eigenvalue weighted by Crippen LogP contribution is 2.28. The molecule has 0 spiro atoms. The number of benzene rings is 1. The zero-order valence-corrected chi connectivity index (χ0v) is 17.3. The molecule has 0 unspecified atom stereocenters. The van der Waals surface area contributed by atoms with Crippen LogP contribution in [-0.2, 0) is 11.2 Å². The van der Waals surface area contributed by atoms with Gasteiger partial charge in [-0.3, -0.25) is 4.99 Å². The summed E-state index contributed by atoms with van der Waals surface area (Å²) in [4.78, 5) is 4.61. The van der Waals surface area contributed by atoms with Crippen LogP contribution < -0.4 is 10.6 Å². The van der Waals surface area contributed by atoms with Crippen LogP contribution in [0.5, 0.6) is 0 Å². The van der Waals surface area contributed by atoms with Crippen LogP contribution in [0.1, 0.15) is 37.3 Å². The zero-order chi connectivity index (χ0) is 16.3. The van der Waals surface area contributed by atoms with Crippen molar-refractivity contribution in [2.24, 2.45) is 10.9 Å². The lowest BCUT2D eigenvalue weighted by molar-refractivity contribution is 0.123. The highest BCUT2D eigenvalue weighted by atomic mass is 127. The predicted molar refractivity (Wildman–Crippen MR) is 112 cm³/mol. The number of aliphatic imine (C=N–C) groups is 1. The fourth-order valence-corrected chi connectivity index (χ4v) is 2.31. The molecule has 2 N–H and O–H groups in total. The molecule has 5 heteroatoms. The molecule has 0 atom stereocenters. The predicted octanol–water partition coefficient (Wildman–Crippen LogP) is 3.53. The molecule has 1 aliphatic rings. The molecule has 1 aromatic carbocycles. The Morgan fingerprint density at radius 3 is 2.62 bits per heavy atom. The van der Waals surface area contributed by atoms with Gasteiger partial charge in [0.15, 0.2) is 5.96 Å². The van der Waals surface area contributed by atoms with Gasteiger partial charge in [0.05, 0.1) is 0 Å². The minimum Gasteiger partial charge on any atom is -0.381 e. The van der Waals surface area contributed by atoms with Crippen LogP contribution in [0.25, 0.3) is 0 Å². The molecular formula is C19H32IN3O. The second kappa shape index (κ2) is 12.5. The first-order valence-corrected chi connectivity index (χ1v) is 8.93. The number of halogens is 1. The third-order valence-corrected chi connectivity index (χ3v) is 3.94. The van der Waals surface area contributed by atoms with Crippen molar-refractivity contribution >= 4 is 29.9 Å². The van der Waals surface area contributed by atoms with E-state index >= 15 is 0 Å². The van der Waals surface area contributed by atoms with Gasteiger partial charge in [-0.05, 0) is 51.0 Å². The molecule has 1 aromatic rings. The monoisotopic (exact) mass is 445 g/mol. The van der Waals surface area contributed by atoms with Gasteiger partial charge < -0.3 is 15.4 Å². The Morgan fingerprint density at radius 1 is 1.21 bits per heavy atom. The first-order chi connectivity index (χ1) is 11.3. The highest BCUT2D eigenvalue weighted by Gasteiger charge is 2.20.